The molecule has 0 unspecified atom stereocenters. The van der Waals surface area contributed by atoms with E-state index in [2.05, 4.69) is 70.8 Å². The molecule has 488 valence electrons. The number of aromatic hydroxyl groups is 1. The number of carboxylic acid groups (broad SMARTS) is 3. The summed E-state index contributed by atoms with van der Waals surface area (Å²) < 4.78 is 0. The number of aliphatic carboxylic acids is 3. The molecule has 1 aromatic carbocycles. The molecule has 1 aromatic rings. The molecule has 0 fully saturated rings. The highest BCUT2D eigenvalue weighted by Gasteiger charge is 2.36. The van der Waals surface area contributed by atoms with Crippen molar-refractivity contribution in [1.82, 2.24) is 53.2 Å². The van der Waals surface area contributed by atoms with Gasteiger partial charge in [0, 0.05) is 31.6 Å². The van der Waals surface area contributed by atoms with Crippen LogP contribution in [0.1, 0.15) is 119 Å². The van der Waals surface area contributed by atoms with Crippen molar-refractivity contribution in [2.75, 3.05) is 18.8 Å². The molecule has 0 heterocycles. The zero-order chi connectivity index (χ0) is 66.4. The van der Waals surface area contributed by atoms with Crippen LogP contribution in [0, 0.1) is 23.7 Å². The number of hydrogen-bond acceptors (Lipinski definition) is 17. The Labute approximate surface area is 510 Å². The predicted octanol–water partition coefficient (Wildman–Crippen LogP) is -3.04. The van der Waals surface area contributed by atoms with Gasteiger partial charge in [0.2, 0.25) is 59.1 Å². The van der Waals surface area contributed by atoms with Crippen molar-refractivity contribution in [2.24, 2.45) is 45.9 Å². The van der Waals surface area contributed by atoms with Crippen molar-refractivity contribution in [3.63, 3.8) is 0 Å². The summed E-state index contributed by atoms with van der Waals surface area (Å²) in [7, 11) is 0. The van der Waals surface area contributed by atoms with Crippen molar-refractivity contribution in [1.29, 1.82) is 0 Å². The number of phenols is 1. The molecule has 31 nitrogen and oxygen atoms in total. The number of nitrogens with one attached hydrogen (secondary N) is 10. The van der Waals surface area contributed by atoms with Crippen LogP contribution in [-0.4, -0.2) is 183 Å². The van der Waals surface area contributed by atoms with Gasteiger partial charge in [-0.3, -0.25) is 62.5 Å². The smallest absolute Gasteiger partial charge is 0.326 e. The maximum Gasteiger partial charge on any atom is 0.326 e. The van der Waals surface area contributed by atoms with Gasteiger partial charge in [0.05, 0.1) is 12.6 Å². The van der Waals surface area contributed by atoms with Gasteiger partial charge in [-0.1, -0.05) is 67.5 Å². The lowest BCUT2D eigenvalue weighted by Gasteiger charge is -2.29. The zero-order valence-electron chi connectivity index (χ0n) is 50.6. The molecule has 0 aliphatic heterocycles. The molecule has 1 rings (SSSR count). The molecule has 20 N–H and O–H groups in total. The number of carboxylic acids is 3. The molecule has 10 atom stereocenters. The van der Waals surface area contributed by atoms with Crippen LogP contribution in [-0.2, 0) is 68.7 Å². The molecular formula is C55H90N14O17S. The van der Waals surface area contributed by atoms with Gasteiger partial charge < -0.3 is 90.8 Å². The fourth-order valence-electron chi connectivity index (χ4n) is 8.16. The number of rotatable bonds is 40. The van der Waals surface area contributed by atoms with Crippen molar-refractivity contribution >= 4 is 95.6 Å². The average molecular weight is 1250 g/mol. The summed E-state index contributed by atoms with van der Waals surface area (Å²) in [5.74, 6) is -15.1. The van der Waals surface area contributed by atoms with Gasteiger partial charge in [-0.15, -0.1) is 0 Å². The Morgan fingerprint density at radius 3 is 1.44 bits per heavy atom. The lowest BCUT2D eigenvalue weighted by molar-refractivity contribution is -0.143. The first-order chi connectivity index (χ1) is 40.6. The molecule has 32 heteroatoms. The Morgan fingerprint density at radius 2 is 0.954 bits per heavy atom. The lowest BCUT2D eigenvalue weighted by Crippen LogP contribution is -2.61. The first kappa shape index (κ1) is 76.7. The zero-order valence-corrected chi connectivity index (χ0v) is 51.5. The van der Waals surface area contributed by atoms with E-state index in [1.807, 2.05) is 0 Å². The van der Waals surface area contributed by atoms with Crippen molar-refractivity contribution in [3.8, 4) is 5.75 Å². The molecular weight excluding hydrogens is 1160 g/mol. The van der Waals surface area contributed by atoms with Crippen molar-refractivity contribution in [3.05, 3.63) is 29.8 Å². The normalized spacial score (nSPS) is 14.6. The first-order valence-corrected chi connectivity index (χ1v) is 29.1. The number of nitrogens with two attached hydrogens (primary N) is 3. The number of aliphatic imine (C=N–C) groups is 1. The second-order valence-corrected chi connectivity index (χ2v) is 22.8. The quantitative estimate of drug-likeness (QED) is 0.0134. The molecule has 0 radical (unpaired) electrons. The van der Waals surface area contributed by atoms with Gasteiger partial charge >= 0.3 is 17.9 Å². The van der Waals surface area contributed by atoms with Gasteiger partial charge in [0.1, 0.15) is 60.1 Å². The number of thiol groups is 1. The maximum atomic E-state index is 14.5. The van der Waals surface area contributed by atoms with E-state index in [-0.39, 0.29) is 80.3 Å². The molecule has 0 saturated heterocycles. The Kier molecular flexibility index (Phi) is 34.1. The number of guanidine groups is 1. The Bertz CT molecular complexity index is 2570. The highest BCUT2D eigenvalue weighted by atomic mass is 32.1. The van der Waals surface area contributed by atoms with E-state index in [1.165, 1.54) is 31.2 Å². The van der Waals surface area contributed by atoms with Gasteiger partial charge in [-0.25, -0.2) is 4.79 Å². The maximum absolute atomic E-state index is 14.5. The van der Waals surface area contributed by atoms with Crippen LogP contribution >= 0.6 is 12.6 Å². The third kappa shape index (κ3) is 30.1. The summed E-state index contributed by atoms with van der Waals surface area (Å²) in [6, 6.07) is -8.08. The number of benzene rings is 1. The second-order valence-electron chi connectivity index (χ2n) is 22.4. The number of nitrogens with zero attached hydrogens (tertiary/aromatic N) is 1. The van der Waals surface area contributed by atoms with Crippen LogP contribution in [0.2, 0.25) is 0 Å². The second kappa shape index (κ2) is 38.7. The SMILES string of the molecule is CC(C)C[C@H](NC(=O)[C@H](C)NC(=O)[C@H](CCC(=O)O)NC(=O)[C@@H](N)C(C)C)C(=O)N[C@@H](Cc1ccc(O)cc1)C(=O)N[C@@H](CC(C)C)C(=O)N[C@H](C(=O)N[C@@H](CS)C(=O)NCC(=O)N[C@@H](CCC(=O)O)C(=O)N[C@@H](CCCN=C(N)N)C(=O)O)C(C)C. The minimum absolute atomic E-state index is 0.00566. The highest BCUT2D eigenvalue weighted by Crippen LogP contribution is 2.15. The summed E-state index contributed by atoms with van der Waals surface area (Å²) >= 11 is 4.18. The average Bonchev–Trinajstić information content (AvgIpc) is 3.50. The van der Waals surface area contributed by atoms with E-state index in [1.54, 1.807) is 55.4 Å². The molecule has 10 amide bonds. The van der Waals surface area contributed by atoms with Crippen molar-refractivity contribution < 1.29 is 82.8 Å². The van der Waals surface area contributed by atoms with E-state index in [4.69, 9.17) is 17.2 Å². The van der Waals surface area contributed by atoms with Gasteiger partial charge in [0.15, 0.2) is 5.96 Å². The molecule has 0 aliphatic rings. The highest BCUT2D eigenvalue weighted by molar-refractivity contribution is 7.80. The summed E-state index contributed by atoms with van der Waals surface area (Å²) in [6.07, 6.45) is -2.13. The summed E-state index contributed by atoms with van der Waals surface area (Å²) in [4.78, 5) is 175. The van der Waals surface area contributed by atoms with Crippen LogP contribution in [0.5, 0.6) is 5.75 Å². The number of amides is 10. The molecule has 0 bridgehead atoms. The predicted molar refractivity (Wildman–Crippen MR) is 320 cm³/mol. The molecule has 0 saturated carbocycles. The van der Waals surface area contributed by atoms with Crippen LogP contribution in [0.4, 0.5) is 0 Å². The largest absolute Gasteiger partial charge is 0.508 e. The Hall–Kier alpha value is -8.29. The van der Waals surface area contributed by atoms with Crippen LogP contribution < -0.4 is 70.4 Å². The number of phenolic OH excluding ortho intramolecular Hbond substituents is 1. The lowest BCUT2D eigenvalue weighted by atomic mass is 9.98. The van der Waals surface area contributed by atoms with Crippen LogP contribution in [0.15, 0.2) is 29.3 Å². The van der Waals surface area contributed by atoms with Gasteiger partial charge in [0.25, 0.3) is 0 Å². The van der Waals surface area contributed by atoms with E-state index >= 15 is 0 Å². The monoisotopic (exact) mass is 1250 g/mol. The van der Waals surface area contributed by atoms with E-state index in [0.717, 1.165) is 0 Å². The molecule has 87 heavy (non-hydrogen) atoms. The number of hydrogen-bond donors (Lipinski definition) is 18. The van der Waals surface area contributed by atoms with Crippen LogP contribution in [0.3, 0.4) is 0 Å². The fourth-order valence-corrected chi connectivity index (χ4v) is 8.42. The van der Waals surface area contributed by atoms with Crippen LogP contribution in [0.25, 0.3) is 0 Å². The summed E-state index contributed by atoms with van der Waals surface area (Å²) in [5.41, 5.74) is 17.0. The number of carbonyl (C=O) groups is 13. The number of carbonyl (C=O) groups excluding carboxylic acids is 10. The van der Waals surface area contributed by atoms with Gasteiger partial charge in [-0.2, -0.15) is 12.6 Å². The van der Waals surface area contributed by atoms with E-state index in [9.17, 15) is 82.8 Å². The third-order valence-electron chi connectivity index (χ3n) is 13.1. The summed E-state index contributed by atoms with van der Waals surface area (Å²) in [6.45, 7) is 14.1. The molecule has 0 aromatic heterocycles. The standard InChI is InChI=1S/C55H90N14O17S/c1-26(2)21-36(65-45(76)30(9)61-47(78)34(17-19-42(74)75)63-52(83)43(56)28(5)6)49(80)67-38(23-31-12-14-32(70)15-13-31)50(81)66-37(22-27(3)4)51(82)69-44(29(7)8)53(84)68-39(25-87)46(77)60-24-40(71)62-33(16-18-41(72)73)48(79)64-35(54(85)86)11-10-20-59-55(57)58/h12-15,26-30,33-39,43-44,70,87H,10-11,16-25,56H2,1-9H3,(H,60,77)(H,61,78)(H,62,71)(H,63,83)(H,64,79)(H,65,76)(H,66,81)(H,67,80)(H,68,84)(H,69,82)(H,72,73)(H,74,75)(H,85,86)(H4,57,58,59)/t30-,33-,34-,35-,36-,37-,38-,39-,43-,44-/m0/s1. The first-order valence-electron chi connectivity index (χ1n) is 28.4. The Morgan fingerprint density at radius 1 is 0.506 bits per heavy atom. The Balaban J connectivity index is 3.37. The van der Waals surface area contributed by atoms with E-state index in [0.29, 0.717) is 5.56 Å². The molecule has 0 aliphatic carbocycles. The minimum atomic E-state index is -1.56. The fraction of sp³-hybridized carbons (Fsp3) is 0.636. The minimum Gasteiger partial charge on any atom is -0.508 e. The molecule has 0 spiro atoms. The van der Waals surface area contributed by atoms with Gasteiger partial charge in [-0.05, 0) is 86.8 Å². The van der Waals surface area contributed by atoms with E-state index < -0.39 is 169 Å². The summed E-state index contributed by atoms with van der Waals surface area (Å²) in [5, 5.41) is 63.0. The third-order valence-corrected chi connectivity index (χ3v) is 13.5. The van der Waals surface area contributed by atoms with Crippen molar-refractivity contribution in [2.45, 2.75) is 181 Å². The topological polar surface area (TPSA) is 514 Å².